The summed E-state index contributed by atoms with van der Waals surface area (Å²) >= 11 is 0. The maximum Gasteiger partial charge on any atom is 0.0273 e. The van der Waals surface area contributed by atoms with E-state index in [0.717, 1.165) is 5.57 Å². The Hall–Kier alpha value is -0.980. The molecule has 0 atom stereocenters. The molecule has 2 N–H and O–H groups in total. The van der Waals surface area contributed by atoms with Crippen molar-refractivity contribution in [1.29, 1.82) is 0 Å². The van der Waals surface area contributed by atoms with Gasteiger partial charge in [-0.1, -0.05) is 18.2 Å². The molecule has 0 aliphatic rings. The molecule has 0 rings (SSSR count). The van der Waals surface area contributed by atoms with Gasteiger partial charge >= 0.3 is 0 Å². The van der Waals surface area contributed by atoms with Gasteiger partial charge in [0.1, 0.15) is 0 Å². The molecule has 0 fully saturated rings. The first kappa shape index (κ1) is 10.0. The van der Waals surface area contributed by atoms with Crippen LogP contribution in [0.15, 0.2) is 35.1 Å². The van der Waals surface area contributed by atoms with E-state index >= 15 is 0 Å². The Morgan fingerprint density at radius 2 is 1.64 bits per heavy atom. The fourth-order valence-electron chi connectivity index (χ4n) is 0.753. The van der Waals surface area contributed by atoms with Gasteiger partial charge in [0.25, 0.3) is 0 Å². The number of hydrogen-bond donors (Lipinski definition) is 1. The van der Waals surface area contributed by atoms with Gasteiger partial charge in [0, 0.05) is 5.70 Å². The van der Waals surface area contributed by atoms with Crippen LogP contribution in [0.2, 0.25) is 0 Å². The zero-order chi connectivity index (χ0) is 9.02. The highest BCUT2D eigenvalue weighted by atomic mass is 14.6. The minimum absolute atomic E-state index is 0.656. The predicted octanol–water partition coefficient (Wildman–Crippen LogP) is 2.76. The van der Waals surface area contributed by atoms with E-state index < -0.39 is 0 Å². The van der Waals surface area contributed by atoms with Crippen LogP contribution in [0, 0.1) is 0 Å². The van der Waals surface area contributed by atoms with Crippen LogP contribution in [0.5, 0.6) is 0 Å². The van der Waals surface area contributed by atoms with Crippen LogP contribution >= 0.6 is 0 Å². The summed E-state index contributed by atoms with van der Waals surface area (Å²) in [4.78, 5) is 0. The Morgan fingerprint density at radius 1 is 1.18 bits per heavy atom. The number of allylic oxidation sites excluding steroid dienone is 4. The van der Waals surface area contributed by atoms with E-state index in [1.807, 2.05) is 13.8 Å². The van der Waals surface area contributed by atoms with Gasteiger partial charge in [-0.2, -0.15) is 0 Å². The standard InChI is InChI=1S/C10H17N/c1-6-7(2)8(3)9(4)10(5)11/h6H,5,11H2,1-4H3/b7-6-,9-8+. The second kappa shape index (κ2) is 4.02. The Bertz CT molecular complexity index is 219. The molecule has 0 spiro atoms. The number of nitrogens with two attached hydrogens (primary N) is 1. The zero-order valence-electron chi connectivity index (χ0n) is 7.86. The highest BCUT2D eigenvalue weighted by Crippen LogP contribution is 2.15. The lowest BCUT2D eigenvalue weighted by atomic mass is 10.0. The van der Waals surface area contributed by atoms with Gasteiger partial charge in [0.05, 0.1) is 0 Å². The summed E-state index contributed by atoms with van der Waals surface area (Å²) < 4.78 is 0. The maximum absolute atomic E-state index is 5.55. The Morgan fingerprint density at radius 3 is 1.91 bits per heavy atom. The molecule has 0 bridgehead atoms. The van der Waals surface area contributed by atoms with Crippen molar-refractivity contribution in [2.24, 2.45) is 5.73 Å². The molecule has 0 unspecified atom stereocenters. The molecule has 0 radical (unpaired) electrons. The molecular formula is C10H17N. The molecular weight excluding hydrogens is 134 g/mol. The van der Waals surface area contributed by atoms with Crippen LogP contribution in [0.1, 0.15) is 27.7 Å². The summed E-state index contributed by atoms with van der Waals surface area (Å²) in [7, 11) is 0. The predicted molar refractivity (Wildman–Crippen MR) is 51.1 cm³/mol. The molecule has 1 nitrogen and oxygen atoms in total. The van der Waals surface area contributed by atoms with Crippen LogP contribution in [0.25, 0.3) is 0 Å². The average Bonchev–Trinajstić information content (AvgIpc) is 2.00. The van der Waals surface area contributed by atoms with E-state index in [0.29, 0.717) is 5.70 Å². The normalized spacial score (nSPS) is 14.4. The molecule has 0 aromatic heterocycles. The van der Waals surface area contributed by atoms with Crippen LogP contribution in [-0.2, 0) is 0 Å². The maximum atomic E-state index is 5.55. The summed E-state index contributed by atoms with van der Waals surface area (Å²) in [6.45, 7) is 11.8. The van der Waals surface area contributed by atoms with Gasteiger partial charge in [0.2, 0.25) is 0 Å². The lowest BCUT2D eigenvalue weighted by molar-refractivity contribution is 1.20. The van der Waals surface area contributed by atoms with Crippen molar-refractivity contribution in [2.45, 2.75) is 27.7 Å². The highest BCUT2D eigenvalue weighted by molar-refractivity contribution is 5.38. The fourth-order valence-corrected chi connectivity index (χ4v) is 0.753. The SMILES string of the molecule is C=C(N)/C(C)=C(C)/C(C)=C\C. The first-order chi connectivity index (χ1) is 5.00. The van der Waals surface area contributed by atoms with E-state index in [2.05, 4.69) is 26.5 Å². The lowest BCUT2D eigenvalue weighted by Gasteiger charge is -2.06. The van der Waals surface area contributed by atoms with Crippen LogP contribution in [0.4, 0.5) is 0 Å². The number of rotatable bonds is 2. The zero-order valence-corrected chi connectivity index (χ0v) is 7.86. The molecule has 0 aliphatic heterocycles. The summed E-state index contributed by atoms with van der Waals surface area (Å²) in [5.41, 5.74) is 9.77. The summed E-state index contributed by atoms with van der Waals surface area (Å²) in [6.07, 6.45) is 2.07. The molecule has 0 saturated carbocycles. The lowest BCUT2D eigenvalue weighted by Crippen LogP contribution is -1.99. The number of hydrogen-bond acceptors (Lipinski definition) is 1. The largest absolute Gasteiger partial charge is 0.399 e. The average molecular weight is 151 g/mol. The third-order valence-corrected chi connectivity index (χ3v) is 2.07. The first-order valence-corrected chi connectivity index (χ1v) is 3.76. The van der Waals surface area contributed by atoms with Gasteiger partial charge in [-0.3, -0.25) is 0 Å². The first-order valence-electron chi connectivity index (χ1n) is 3.76. The molecule has 0 saturated heterocycles. The Balaban J connectivity index is 4.81. The molecule has 0 aromatic carbocycles. The molecule has 0 aliphatic carbocycles. The topological polar surface area (TPSA) is 26.0 Å². The van der Waals surface area contributed by atoms with E-state index in [4.69, 9.17) is 5.73 Å². The van der Waals surface area contributed by atoms with Gasteiger partial charge in [-0.25, -0.2) is 0 Å². The van der Waals surface area contributed by atoms with E-state index in [9.17, 15) is 0 Å². The van der Waals surface area contributed by atoms with Crippen molar-refractivity contribution in [3.63, 3.8) is 0 Å². The summed E-state index contributed by atoms with van der Waals surface area (Å²) in [5, 5.41) is 0. The van der Waals surface area contributed by atoms with E-state index in [1.165, 1.54) is 11.1 Å². The minimum Gasteiger partial charge on any atom is -0.399 e. The van der Waals surface area contributed by atoms with Crippen LogP contribution < -0.4 is 5.73 Å². The summed E-state index contributed by atoms with van der Waals surface area (Å²) in [5.74, 6) is 0. The van der Waals surface area contributed by atoms with Gasteiger partial charge < -0.3 is 5.73 Å². The fraction of sp³-hybridized carbons (Fsp3) is 0.400. The second-order valence-corrected chi connectivity index (χ2v) is 2.75. The van der Waals surface area contributed by atoms with Crippen molar-refractivity contribution >= 4 is 0 Å². The van der Waals surface area contributed by atoms with Crippen molar-refractivity contribution in [3.8, 4) is 0 Å². The van der Waals surface area contributed by atoms with Crippen molar-refractivity contribution < 1.29 is 0 Å². The monoisotopic (exact) mass is 151 g/mol. The molecule has 62 valence electrons. The smallest absolute Gasteiger partial charge is 0.0273 e. The molecule has 0 aromatic rings. The second-order valence-electron chi connectivity index (χ2n) is 2.75. The Kier molecular flexibility index (Phi) is 3.66. The molecule has 1 heteroatoms. The van der Waals surface area contributed by atoms with Crippen molar-refractivity contribution in [2.75, 3.05) is 0 Å². The molecule has 0 heterocycles. The molecule has 11 heavy (non-hydrogen) atoms. The van der Waals surface area contributed by atoms with Crippen LogP contribution in [-0.4, -0.2) is 0 Å². The van der Waals surface area contributed by atoms with E-state index in [-0.39, 0.29) is 0 Å². The van der Waals surface area contributed by atoms with Gasteiger partial charge in [0.15, 0.2) is 0 Å². The van der Waals surface area contributed by atoms with Crippen LogP contribution in [0.3, 0.4) is 0 Å². The third-order valence-electron chi connectivity index (χ3n) is 2.07. The third kappa shape index (κ3) is 2.62. The Labute approximate surface area is 69.3 Å². The minimum atomic E-state index is 0.656. The van der Waals surface area contributed by atoms with Crippen molar-refractivity contribution in [3.05, 3.63) is 35.1 Å². The highest BCUT2D eigenvalue weighted by Gasteiger charge is 1.98. The quantitative estimate of drug-likeness (QED) is 0.603. The van der Waals surface area contributed by atoms with Gasteiger partial charge in [-0.15, -0.1) is 0 Å². The van der Waals surface area contributed by atoms with Gasteiger partial charge in [-0.05, 0) is 38.8 Å². The molecule has 0 amide bonds. The van der Waals surface area contributed by atoms with Crippen molar-refractivity contribution in [1.82, 2.24) is 0 Å². The van der Waals surface area contributed by atoms with E-state index in [1.54, 1.807) is 0 Å². The summed E-state index contributed by atoms with van der Waals surface area (Å²) in [6, 6.07) is 0.